The first kappa shape index (κ1) is 13.8. The summed E-state index contributed by atoms with van der Waals surface area (Å²) in [6, 6.07) is 6.25. The van der Waals surface area contributed by atoms with Crippen molar-refractivity contribution in [3.05, 3.63) is 53.1 Å². The largest absolute Gasteiger partial charge is 0.478 e. The smallest absolute Gasteiger partial charge is 0.331 e. The predicted molar refractivity (Wildman–Crippen MR) is 83.9 cm³/mol. The second kappa shape index (κ2) is 4.81. The minimum Gasteiger partial charge on any atom is -0.478 e. The Morgan fingerprint density at radius 2 is 2.00 bits per heavy atom. The van der Waals surface area contributed by atoms with E-state index in [1.54, 1.807) is 22.9 Å². The summed E-state index contributed by atoms with van der Waals surface area (Å²) < 4.78 is 16.9. The van der Waals surface area contributed by atoms with Crippen molar-refractivity contribution in [3.63, 3.8) is 0 Å². The Morgan fingerprint density at radius 3 is 2.70 bits per heavy atom. The lowest BCUT2D eigenvalue weighted by Crippen LogP contribution is -2.10. The van der Waals surface area contributed by atoms with E-state index >= 15 is 0 Å². The van der Waals surface area contributed by atoms with Crippen molar-refractivity contribution in [1.82, 2.24) is 14.3 Å². The zero-order valence-corrected chi connectivity index (χ0v) is 12.5. The Hall–Kier alpha value is -2.89. The van der Waals surface area contributed by atoms with E-state index in [-0.39, 0.29) is 5.82 Å². The van der Waals surface area contributed by atoms with Gasteiger partial charge < -0.3 is 5.11 Å². The summed E-state index contributed by atoms with van der Waals surface area (Å²) in [6.45, 7) is 0. The standard InChI is InChI=1S/C17H14FN3O2/c1-20-9-14-13-8-10(17(22)23)2-7-15(13)21(16(14)19-20)12-5-3-11(18)4-6-12/h3-6,8-9H,2,7H2,1H3,(H,22,23). The van der Waals surface area contributed by atoms with Crippen molar-refractivity contribution in [2.24, 2.45) is 7.05 Å². The molecule has 23 heavy (non-hydrogen) atoms. The van der Waals surface area contributed by atoms with Gasteiger partial charge in [0.05, 0.1) is 0 Å². The summed E-state index contributed by atoms with van der Waals surface area (Å²) in [4.78, 5) is 11.3. The van der Waals surface area contributed by atoms with Crippen molar-refractivity contribution in [2.75, 3.05) is 0 Å². The van der Waals surface area contributed by atoms with Gasteiger partial charge in [-0.1, -0.05) is 0 Å². The monoisotopic (exact) mass is 311 g/mol. The van der Waals surface area contributed by atoms with E-state index in [0.29, 0.717) is 18.4 Å². The number of fused-ring (bicyclic) bond motifs is 3. The van der Waals surface area contributed by atoms with E-state index in [0.717, 1.165) is 28.0 Å². The highest BCUT2D eigenvalue weighted by molar-refractivity contribution is 5.99. The van der Waals surface area contributed by atoms with Gasteiger partial charge in [0.15, 0.2) is 5.65 Å². The van der Waals surface area contributed by atoms with Gasteiger partial charge in [-0.3, -0.25) is 9.25 Å². The third kappa shape index (κ3) is 2.06. The molecule has 2 heterocycles. The first-order valence-corrected chi connectivity index (χ1v) is 7.31. The molecule has 0 spiro atoms. The molecule has 0 fully saturated rings. The van der Waals surface area contributed by atoms with Crippen LogP contribution in [0, 0.1) is 5.82 Å². The first-order valence-electron chi connectivity index (χ1n) is 7.31. The zero-order chi connectivity index (χ0) is 16.1. The van der Waals surface area contributed by atoms with Gasteiger partial charge in [-0.25, -0.2) is 9.18 Å². The number of aryl methyl sites for hydroxylation is 1. The molecule has 5 nitrogen and oxygen atoms in total. The van der Waals surface area contributed by atoms with E-state index in [1.165, 1.54) is 12.1 Å². The maximum absolute atomic E-state index is 13.2. The Kier molecular flexibility index (Phi) is 2.87. The molecule has 1 aromatic carbocycles. The summed E-state index contributed by atoms with van der Waals surface area (Å²) in [5.74, 6) is -1.18. The topological polar surface area (TPSA) is 60.0 Å². The first-order chi connectivity index (χ1) is 11.0. The van der Waals surface area contributed by atoms with E-state index < -0.39 is 5.97 Å². The molecule has 1 N–H and O–H groups in total. The summed E-state index contributed by atoms with van der Waals surface area (Å²) >= 11 is 0. The molecular weight excluding hydrogens is 297 g/mol. The molecule has 116 valence electrons. The second-order valence-electron chi connectivity index (χ2n) is 5.69. The van der Waals surface area contributed by atoms with Crippen LogP contribution in [0.5, 0.6) is 0 Å². The molecular formula is C17H14FN3O2. The number of carbonyl (C=O) groups is 1. The average Bonchev–Trinajstić information content (AvgIpc) is 3.03. The van der Waals surface area contributed by atoms with Gasteiger partial charge in [0, 0.05) is 41.1 Å². The van der Waals surface area contributed by atoms with Crippen molar-refractivity contribution < 1.29 is 14.3 Å². The molecule has 4 rings (SSSR count). The van der Waals surface area contributed by atoms with Crippen LogP contribution >= 0.6 is 0 Å². The highest BCUT2D eigenvalue weighted by Crippen LogP contribution is 2.35. The van der Waals surface area contributed by atoms with Crippen molar-refractivity contribution in [2.45, 2.75) is 12.8 Å². The number of halogens is 1. The molecule has 0 bridgehead atoms. The maximum atomic E-state index is 13.2. The number of carboxylic acid groups (broad SMARTS) is 1. The molecule has 0 unspecified atom stereocenters. The normalized spacial score (nSPS) is 13.9. The van der Waals surface area contributed by atoms with Gasteiger partial charge >= 0.3 is 5.97 Å². The van der Waals surface area contributed by atoms with Crippen molar-refractivity contribution in [1.29, 1.82) is 0 Å². The van der Waals surface area contributed by atoms with E-state index in [2.05, 4.69) is 5.10 Å². The Morgan fingerprint density at radius 1 is 1.26 bits per heavy atom. The van der Waals surface area contributed by atoms with Crippen LogP contribution in [0.2, 0.25) is 0 Å². The number of rotatable bonds is 2. The average molecular weight is 311 g/mol. The molecule has 0 atom stereocenters. The lowest BCUT2D eigenvalue weighted by Gasteiger charge is -2.15. The quantitative estimate of drug-likeness (QED) is 0.791. The van der Waals surface area contributed by atoms with Crippen LogP contribution in [0.3, 0.4) is 0 Å². The Bertz CT molecular complexity index is 964. The van der Waals surface area contributed by atoms with E-state index in [4.69, 9.17) is 0 Å². The zero-order valence-electron chi connectivity index (χ0n) is 12.5. The number of aromatic nitrogens is 3. The fourth-order valence-electron chi connectivity index (χ4n) is 3.18. The molecule has 0 saturated carbocycles. The lowest BCUT2D eigenvalue weighted by atomic mass is 9.96. The molecule has 1 aliphatic carbocycles. The van der Waals surface area contributed by atoms with Gasteiger partial charge in [-0.15, -0.1) is 0 Å². The Labute approximate surface area is 131 Å². The maximum Gasteiger partial charge on any atom is 0.331 e. The van der Waals surface area contributed by atoms with Crippen LogP contribution in [-0.4, -0.2) is 25.4 Å². The van der Waals surface area contributed by atoms with Crippen LogP contribution in [0.25, 0.3) is 22.8 Å². The number of benzene rings is 1. The van der Waals surface area contributed by atoms with Gasteiger partial charge in [0.1, 0.15) is 5.82 Å². The molecule has 0 radical (unpaired) electrons. The van der Waals surface area contributed by atoms with E-state index in [9.17, 15) is 14.3 Å². The molecule has 0 saturated heterocycles. The predicted octanol–water partition coefficient (Wildman–Crippen LogP) is 2.92. The van der Waals surface area contributed by atoms with Crippen LogP contribution in [-0.2, 0) is 18.3 Å². The molecule has 3 aromatic rings. The van der Waals surface area contributed by atoms with Crippen LogP contribution < -0.4 is 0 Å². The van der Waals surface area contributed by atoms with Crippen molar-refractivity contribution >= 4 is 23.1 Å². The van der Waals surface area contributed by atoms with Crippen LogP contribution in [0.15, 0.2) is 36.0 Å². The fourth-order valence-corrected chi connectivity index (χ4v) is 3.18. The van der Waals surface area contributed by atoms with Gasteiger partial charge in [-0.05, 0) is 43.2 Å². The summed E-state index contributed by atoms with van der Waals surface area (Å²) in [6.07, 6.45) is 4.70. The number of carboxylic acids is 1. The van der Waals surface area contributed by atoms with Crippen LogP contribution in [0.4, 0.5) is 4.39 Å². The third-order valence-corrected chi connectivity index (χ3v) is 4.20. The number of hydrogen-bond donors (Lipinski definition) is 1. The molecule has 0 amide bonds. The van der Waals surface area contributed by atoms with Gasteiger partial charge in [-0.2, -0.15) is 5.10 Å². The fraction of sp³-hybridized carbons (Fsp3) is 0.176. The van der Waals surface area contributed by atoms with Gasteiger partial charge in [0.2, 0.25) is 0 Å². The van der Waals surface area contributed by atoms with Gasteiger partial charge in [0.25, 0.3) is 0 Å². The number of aliphatic carboxylic acids is 1. The molecule has 6 heteroatoms. The summed E-state index contributed by atoms with van der Waals surface area (Å²) in [5, 5.41) is 14.7. The minimum absolute atomic E-state index is 0.292. The SMILES string of the molecule is Cn1cc2c3c(n(-c4ccc(F)cc4)c2n1)CCC(C(=O)O)=C3. The number of hydrogen-bond acceptors (Lipinski definition) is 2. The molecule has 1 aliphatic rings. The minimum atomic E-state index is -0.887. The Balaban J connectivity index is 2.02. The lowest BCUT2D eigenvalue weighted by molar-refractivity contribution is -0.132. The van der Waals surface area contributed by atoms with Crippen LogP contribution in [0.1, 0.15) is 17.7 Å². The second-order valence-corrected chi connectivity index (χ2v) is 5.69. The molecule has 0 aliphatic heterocycles. The summed E-state index contributed by atoms with van der Waals surface area (Å²) in [5.41, 5.74) is 3.89. The highest BCUT2D eigenvalue weighted by Gasteiger charge is 2.25. The van der Waals surface area contributed by atoms with Crippen molar-refractivity contribution in [3.8, 4) is 5.69 Å². The molecule has 2 aromatic heterocycles. The van der Waals surface area contributed by atoms with E-state index in [1.807, 2.05) is 17.8 Å². The highest BCUT2D eigenvalue weighted by atomic mass is 19.1. The number of nitrogens with zero attached hydrogens (tertiary/aromatic N) is 3. The third-order valence-electron chi connectivity index (χ3n) is 4.20. The summed E-state index contributed by atoms with van der Waals surface area (Å²) in [7, 11) is 1.83.